The van der Waals surface area contributed by atoms with Crippen LogP contribution in [0.1, 0.15) is 26.7 Å². The highest BCUT2D eigenvalue weighted by molar-refractivity contribution is 5.78. The Morgan fingerprint density at radius 3 is 2.61 bits per heavy atom. The molecule has 1 unspecified atom stereocenters. The lowest BCUT2D eigenvalue weighted by Crippen LogP contribution is -2.40. The van der Waals surface area contributed by atoms with Gasteiger partial charge in [0.15, 0.2) is 11.2 Å². The van der Waals surface area contributed by atoms with E-state index < -0.39 is 0 Å². The average Bonchev–Trinajstić information content (AvgIpc) is 3.16. The molecule has 0 spiro atoms. The van der Waals surface area contributed by atoms with Crippen molar-refractivity contribution in [2.75, 3.05) is 25.7 Å². The number of rotatable bonds is 6. The van der Waals surface area contributed by atoms with Crippen molar-refractivity contribution in [2.24, 2.45) is 13.0 Å². The van der Waals surface area contributed by atoms with Crippen LogP contribution in [-0.2, 0) is 20.1 Å². The van der Waals surface area contributed by atoms with E-state index in [0.717, 1.165) is 18.5 Å². The maximum atomic E-state index is 13.3. The standard InChI is InChI=1S/C22H29N5O4/c1-6-7-10-25-20(28)18-19(24(3)22(25)29)23-21-26(12-14(2)13-27(18)21)16-11-15(30-4)8-9-17(16)31-5/h8-9,11,14H,6-7,10,12-13H2,1-5H3. The highest BCUT2D eigenvalue weighted by Gasteiger charge is 2.31. The van der Waals surface area contributed by atoms with Gasteiger partial charge >= 0.3 is 5.69 Å². The summed E-state index contributed by atoms with van der Waals surface area (Å²) in [5.74, 6) is 2.26. The SMILES string of the molecule is CCCCn1c(=O)c2c(nc3n2CC(C)CN3c2cc(OC)ccc2OC)n(C)c1=O. The van der Waals surface area contributed by atoms with E-state index in [1.165, 1.54) is 9.13 Å². The molecular weight excluding hydrogens is 398 g/mol. The molecule has 0 bridgehead atoms. The third-order valence-electron chi connectivity index (χ3n) is 5.85. The average molecular weight is 428 g/mol. The van der Waals surface area contributed by atoms with Gasteiger partial charge in [-0.15, -0.1) is 0 Å². The van der Waals surface area contributed by atoms with Gasteiger partial charge in [0.05, 0.1) is 19.9 Å². The molecule has 0 fully saturated rings. The van der Waals surface area contributed by atoms with E-state index in [9.17, 15) is 9.59 Å². The molecule has 3 aromatic rings. The van der Waals surface area contributed by atoms with Crippen LogP contribution in [0.15, 0.2) is 27.8 Å². The Bertz CT molecular complexity index is 1240. The summed E-state index contributed by atoms with van der Waals surface area (Å²) in [5, 5.41) is 0. The number of anilines is 2. The second-order valence-corrected chi connectivity index (χ2v) is 8.10. The van der Waals surface area contributed by atoms with Crippen molar-refractivity contribution in [2.45, 2.75) is 39.8 Å². The van der Waals surface area contributed by atoms with Gasteiger partial charge in [-0.25, -0.2) is 4.79 Å². The number of hydrogen-bond donors (Lipinski definition) is 0. The number of fused-ring (bicyclic) bond motifs is 3. The Labute approximate surface area is 180 Å². The molecule has 166 valence electrons. The lowest BCUT2D eigenvalue weighted by molar-refractivity contribution is 0.399. The van der Waals surface area contributed by atoms with Crippen molar-refractivity contribution in [1.82, 2.24) is 18.7 Å². The first kappa shape index (κ1) is 21.0. The molecule has 9 nitrogen and oxygen atoms in total. The van der Waals surface area contributed by atoms with Crippen LogP contribution in [0.2, 0.25) is 0 Å². The van der Waals surface area contributed by atoms with Crippen LogP contribution in [0.3, 0.4) is 0 Å². The summed E-state index contributed by atoms with van der Waals surface area (Å²) in [7, 11) is 4.91. The fraction of sp³-hybridized carbons (Fsp3) is 0.500. The number of unbranched alkanes of at least 4 members (excludes halogenated alkanes) is 1. The van der Waals surface area contributed by atoms with Gasteiger partial charge in [-0.2, -0.15) is 4.98 Å². The molecule has 1 atom stereocenters. The van der Waals surface area contributed by atoms with E-state index in [0.29, 0.717) is 48.2 Å². The molecule has 0 N–H and O–H groups in total. The second-order valence-electron chi connectivity index (χ2n) is 8.10. The van der Waals surface area contributed by atoms with Gasteiger partial charge in [-0.1, -0.05) is 20.3 Å². The zero-order valence-corrected chi connectivity index (χ0v) is 18.7. The molecular formula is C22H29N5O4. The van der Waals surface area contributed by atoms with E-state index in [4.69, 9.17) is 14.5 Å². The van der Waals surface area contributed by atoms with Crippen molar-refractivity contribution >= 4 is 22.8 Å². The van der Waals surface area contributed by atoms with E-state index in [-0.39, 0.29) is 17.2 Å². The quantitative estimate of drug-likeness (QED) is 0.601. The van der Waals surface area contributed by atoms with Gasteiger partial charge in [0, 0.05) is 32.7 Å². The normalized spacial score (nSPS) is 15.9. The molecule has 3 heterocycles. The topological polar surface area (TPSA) is 83.5 Å². The van der Waals surface area contributed by atoms with Crippen LogP contribution in [0, 0.1) is 5.92 Å². The maximum Gasteiger partial charge on any atom is 0.332 e. The van der Waals surface area contributed by atoms with Gasteiger partial charge in [0.2, 0.25) is 5.95 Å². The predicted octanol–water partition coefficient (Wildman–Crippen LogP) is 2.50. The highest BCUT2D eigenvalue weighted by Crippen LogP contribution is 2.39. The molecule has 0 amide bonds. The molecule has 9 heteroatoms. The molecule has 1 aromatic carbocycles. The minimum Gasteiger partial charge on any atom is -0.497 e. The lowest BCUT2D eigenvalue weighted by Gasteiger charge is -2.33. The minimum absolute atomic E-state index is 0.251. The number of benzene rings is 1. The molecule has 0 saturated carbocycles. The van der Waals surface area contributed by atoms with Gasteiger partial charge in [0.25, 0.3) is 5.56 Å². The summed E-state index contributed by atoms with van der Waals surface area (Å²) < 4.78 is 15.8. The van der Waals surface area contributed by atoms with Crippen molar-refractivity contribution in [3.63, 3.8) is 0 Å². The van der Waals surface area contributed by atoms with Gasteiger partial charge < -0.3 is 18.9 Å². The number of hydrogen-bond acceptors (Lipinski definition) is 6. The van der Waals surface area contributed by atoms with Crippen LogP contribution in [0.5, 0.6) is 11.5 Å². The molecule has 2 aromatic heterocycles. The molecule has 0 radical (unpaired) electrons. The van der Waals surface area contributed by atoms with Crippen LogP contribution in [0.4, 0.5) is 11.6 Å². The van der Waals surface area contributed by atoms with Gasteiger partial charge in [-0.05, 0) is 24.5 Å². The number of methoxy groups -OCH3 is 2. The summed E-state index contributed by atoms with van der Waals surface area (Å²) in [6.45, 7) is 5.92. The second kappa shape index (κ2) is 8.13. The highest BCUT2D eigenvalue weighted by atomic mass is 16.5. The Hall–Kier alpha value is -3.23. The largest absolute Gasteiger partial charge is 0.497 e. The number of aryl methyl sites for hydroxylation is 1. The summed E-state index contributed by atoms with van der Waals surface area (Å²) in [6.07, 6.45) is 1.67. The fourth-order valence-corrected chi connectivity index (χ4v) is 4.23. The molecule has 4 rings (SSSR count). The van der Waals surface area contributed by atoms with E-state index in [1.807, 2.05) is 34.6 Å². The minimum atomic E-state index is -0.333. The first-order valence-electron chi connectivity index (χ1n) is 10.6. The summed E-state index contributed by atoms with van der Waals surface area (Å²) in [6, 6.07) is 5.60. The first-order chi connectivity index (χ1) is 14.9. The number of aromatic nitrogens is 4. The van der Waals surface area contributed by atoms with Crippen molar-refractivity contribution in [1.29, 1.82) is 0 Å². The van der Waals surface area contributed by atoms with Crippen molar-refractivity contribution in [3.05, 3.63) is 39.0 Å². The zero-order chi connectivity index (χ0) is 22.3. The van der Waals surface area contributed by atoms with Gasteiger partial charge in [0.1, 0.15) is 11.5 Å². The number of ether oxygens (including phenoxy) is 2. The number of nitrogens with zero attached hydrogens (tertiary/aromatic N) is 5. The Morgan fingerprint density at radius 2 is 1.94 bits per heavy atom. The summed E-state index contributed by atoms with van der Waals surface area (Å²) >= 11 is 0. The van der Waals surface area contributed by atoms with Crippen LogP contribution in [-0.4, -0.2) is 39.4 Å². The van der Waals surface area contributed by atoms with Gasteiger partial charge in [-0.3, -0.25) is 13.9 Å². The Kier molecular flexibility index (Phi) is 5.51. The molecule has 0 saturated heterocycles. The molecule has 0 aliphatic carbocycles. The monoisotopic (exact) mass is 427 g/mol. The van der Waals surface area contributed by atoms with Crippen molar-refractivity contribution in [3.8, 4) is 11.5 Å². The summed E-state index contributed by atoms with van der Waals surface area (Å²) in [5.41, 5.74) is 1.06. The molecule has 1 aliphatic rings. The summed E-state index contributed by atoms with van der Waals surface area (Å²) in [4.78, 5) is 33.0. The third-order valence-corrected chi connectivity index (χ3v) is 5.85. The smallest absolute Gasteiger partial charge is 0.332 e. The Balaban J connectivity index is 1.99. The molecule has 31 heavy (non-hydrogen) atoms. The third kappa shape index (κ3) is 3.37. The van der Waals surface area contributed by atoms with Crippen LogP contribution < -0.4 is 25.6 Å². The van der Waals surface area contributed by atoms with E-state index in [2.05, 4.69) is 6.92 Å². The maximum absolute atomic E-state index is 13.3. The van der Waals surface area contributed by atoms with Crippen LogP contribution in [0.25, 0.3) is 11.2 Å². The fourth-order valence-electron chi connectivity index (χ4n) is 4.23. The van der Waals surface area contributed by atoms with E-state index in [1.54, 1.807) is 21.3 Å². The zero-order valence-electron chi connectivity index (χ0n) is 18.7. The predicted molar refractivity (Wildman–Crippen MR) is 120 cm³/mol. The van der Waals surface area contributed by atoms with E-state index >= 15 is 0 Å². The van der Waals surface area contributed by atoms with Crippen molar-refractivity contribution < 1.29 is 9.47 Å². The van der Waals surface area contributed by atoms with Crippen LogP contribution >= 0.6 is 0 Å². The first-order valence-corrected chi connectivity index (χ1v) is 10.6. The number of imidazole rings is 1. The lowest BCUT2D eigenvalue weighted by atomic mass is 10.1. The molecule has 1 aliphatic heterocycles. The Morgan fingerprint density at radius 1 is 1.16 bits per heavy atom.